The zero-order chi connectivity index (χ0) is 21.1. The molecule has 2 aromatic rings. The molecule has 154 valence electrons. The molecule has 0 saturated carbocycles. The van der Waals surface area contributed by atoms with Gasteiger partial charge in [0.1, 0.15) is 17.3 Å². The van der Waals surface area contributed by atoms with Crippen LogP contribution in [0.1, 0.15) is 5.56 Å². The third-order valence-electron chi connectivity index (χ3n) is 3.39. The number of methoxy groups -OCH3 is 1. The number of rotatable bonds is 7. The minimum Gasteiger partial charge on any atom is -0.489 e. The summed E-state index contributed by atoms with van der Waals surface area (Å²) in [6.45, 7) is -0.0822. The second kappa shape index (κ2) is 8.27. The van der Waals surface area contributed by atoms with Crippen molar-refractivity contribution in [2.45, 2.75) is 11.1 Å². The van der Waals surface area contributed by atoms with Crippen LogP contribution in [-0.4, -0.2) is 28.7 Å². The summed E-state index contributed by atoms with van der Waals surface area (Å²) in [6, 6.07) is 2.75. The van der Waals surface area contributed by atoms with Crippen LogP contribution >= 0.6 is 0 Å². The van der Waals surface area contributed by atoms with Crippen LogP contribution in [0.3, 0.4) is 0 Å². The summed E-state index contributed by atoms with van der Waals surface area (Å²) in [5.74, 6) is -5.99. The van der Waals surface area contributed by atoms with Crippen molar-refractivity contribution in [1.29, 1.82) is 0 Å². The fourth-order valence-corrected chi connectivity index (χ4v) is 3.19. The lowest BCUT2D eigenvalue weighted by Gasteiger charge is -2.16. The van der Waals surface area contributed by atoms with Crippen molar-refractivity contribution in [3.63, 3.8) is 0 Å². The normalized spacial score (nSPS) is 12.1. The quantitative estimate of drug-likeness (QED) is 0.411. The molecule has 0 aliphatic rings. The van der Waals surface area contributed by atoms with E-state index in [-0.39, 0.29) is 19.0 Å². The Morgan fingerprint density at radius 3 is 2.29 bits per heavy atom. The number of hydrogen-bond donors (Lipinski definition) is 1. The largest absolute Gasteiger partial charge is 0.489 e. The van der Waals surface area contributed by atoms with E-state index in [1.54, 1.807) is 4.72 Å². The van der Waals surface area contributed by atoms with Gasteiger partial charge in [-0.25, -0.2) is 21.6 Å². The van der Waals surface area contributed by atoms with Gasteiger partial charge >= 0.3 is 6.18 Å². The molecule has 2 aromatic carbocycles. The molecule has 12 heteroatoms. The van der Waals surface area contributed by atoms with Crippen LogP contribution in [0, 0.1) is 17.5 Å². The van der Waals surface area contributed by atoms with E-state index in [1.165, 1.54) is 7.11 Å². The topological polar surface area (TPSA) is 64.6 Å². The first-order valence-corrected chi connectivity index (χ1v) is 8.95. The molecule has 0 aliphatic carbocycles. The molecule has 0 amide bonds. The Morgan fingerprint density at radius 2 is 1.68 bits per heavy atom. The lowest BCUT2D eigenvalue weighted by molar-refractivity contribution is -0.137. The second-order valence-electron chi connectivity index (χ2n) is 5.33. The molecule has 0 heterocycles. The van der Waals surface area contributed by atoms with Crippen LogP contribution in [0.25, 0.3) is 0 Å². The van der Waals surface area contributed by atoms with Gasteiger partial charge in [-0.1, -0.05) is 0 Å². The van der Waals surface area contributed by atoms with E-state index in [2.05, 4.69) is 0 Å². The van der Waals surface area contributed by atoms with Crippen molar-refractivity contribution in [2.24, 2.45) is 0 Å². The van der Waals surface area contributed by atoms with Gasteiger partial charge < -0.3 is 9.47 Å². The number of nitrogens with one attached hydrogen (secondary N) is 1. The first-order chi connectivity index (χ1) is 13.0. The maximum atomic E-state index is 13.8. The van der Waals surface area contributed by atoms with Crippen molar-refractivity contribution < 1.29 is 44.2 Å². The zero-order valence-electron chi connectivity index (χ0n) is 14.1. The van der Waals surface area contributed by atoms with Gasteiger partial charge in [0.15, 0.2) is 17.5 Å². The van der Waals surface area contributed by atoms with Gasteiger partial charge in [0.05, 0.1) is 17.9 Å². The number of anilines is 1. The predicted octanol–water partition coefficient (Wildman–Crippen LogP) is 3.95. The molecule has 1 N–H and O–H groups in total. The van der Waals surface area contributed by atoms with Crippen molar-refractivity contribution in [3.05, 3.63) is 53.3 Å². The van der Waals surface area contributed by atoms with Gasteiger partial charge in [0.25, 0.3) is 10.0 Å². The lowest BCUT2D eigenvalue weighted by atomic mass is 10.2. The van der Waals surface area contributed by atoms with E-state index >= 15 is 0 Å². The maximum absolute atomic E-state index is 13.8. The predicted molar refractivity (Wildman–Crippen MR) is 85.9 cm³/mol. The number of sulfonamides is 1. The van der Waals surface area contributed by atoms with E-state index in [4.69, 9.17) is 9.47 Å². The first-order valence-electron chi connectivity index (χ1n) is 7.46. The Hall–Kier alpha value is -2.47. The monoisotopic (exact) mass is 429 g/mol. The molecule has 0 atom stereocenters. The maximum Gasteiger partial charge on any atom is 0.416 e. The summed E-state index contributed by atoms with van der Waals surface area (Å²) < 4.78 is 115. The highest BCUT2D eigenvalue weighted by atomic mass is 32.2. The van der Waals surface area contributed by atoms with Crippen LogP contribution in [0.15, 0.2) is 35.2 Å². The molecule has 0 saturated heterocycles. The van der Waals surface area contributed by atoms with Crippen molar-refractivity contribution in [2.75, 3.05) is 25.0 Å². The summed E-state index contributed by atoms with van der Waals surface area (Å²) in [7, 11) is -3.57. The van der Waals surface area contributed by atoms with E-state index in [1.807, 2.05) is 0 Å². The Balaban J connectivity index is 2.48. The van der Waals surface area contributed by atoms with Crippen molar-refractivity contribution >= 4 is 15.7 Å². The van der Waals surface area contributed by atoms with Crippen LogP contribution in [0.4, 0.5) is 32.0 Å². The molecule has 28 heavy (non-hydrogen) atoms. The average Bonchev–Trinajstić information content (AvgIpc) is 2.59. The van der Waals surface area contributed by atoms with Crippen molar-refractivity contribution in [1.82, 2.24) is 0 Å². The van der Waals surface area contributed by atoms with Crippen LogP contribution < -0.4 is 9.46 Å². The molecule has 0 fully saturated rings. The molecular weight excluding hydrogens is 416 g/mol. The standard InChI is InChI=1S/C16H13F6NO4S/c1-26-6-7-27-12-4-2-9(16(20,21)22)8-11(12)23-28(24,25)13-5-3-10(17)14(18)15(13)19/h2-5,8,23H,6-7H2,1H3. The molecule has 0 radical (unpaired) electrons. The Kier molecular flexibility index (Phi) is 6.44. The smallest absolute Gasteiger partial charge is 0.416 e. The SMILES string of the molecule is COCCOc1ccc(C(F)(F)F)cc1NS(=O)(=O)c1ccc(F)c(F)c1F. The number of halogens is 6. The first kappa shape index (κ1) is 21.8. The lowest BCUT2D eigenvalue weighted by Crippen LogP contribution is -2.18. The van der Waals surface area contributed by atoms with E-state index in [9.17, 15) is 34.8 Å². The summed E-state index contributed by atoms with van der Waals surface area (Å²) in [5, 5.41) is 0. The van der Waals surface area contributed by atoms with Gasteiger partial charge in [0.2, 0.25) is 0 Å². The fraction of sp³-hybridized carbons (Fsp3) is 0.250. The minimum absolute atomic E-state index is 0.0466. The van der Waals surface area contributed by atoms with E-state index in [0.29, 0.717) is 24.3 Å². The number of ether oxygens (including phenoxy) is 2. The van der Waals surface area contributed by atoms with Crippen molar-refractivity contribution in [3.8, 4) is 5.75 Å². The van der Waals surface area contributed by atoms with Gasteiger partial charge in [-0.3, -0.25) is 4.72 Å². The summed E-state index contributed by atoms with van der Waals surface area (Å²) in [6.07, 6.45) is -4.81. The van der Waals surface area contributed by atoms with Gasteiger partial charge in [-0.2, -0.15) is 13.2 Å². The van der Waals surface area contributed by atoms with E-state index < -0.39 is 49.8 Å². The molecule has 0 spiro atoms. The molecule has 0 bridgehead atoms. The molecule has 0 aromatic heterocycles. The molecule has 2 rings (SSSR count). The minimum atomic E-state index is -4.91. The number of hydrogen-bond acceptors (Lipinski definition) is 4. The Labute approximate surface area is 155 Å². The van der Waals surface area contributed by atoms with Crippen LogP contribution in [0.5, 0.6) is 5.75 Å². The van der Waals surface area contributed by atoms with Crippen LogP contribution in [-0.2, 0) is 20.9 Å². The number of benzene rings is 2. The Bertz CT molecular complexity index is 962. The fourth-order valence-electron chi connectivity index (χ4n) is 2.06. The summed E-state index contributed by atoms with van der Waals surface area (Å²) in [4.78, 5) is -1.29. The molecule has 0 unspecified atom stereocenters. The highest BCUT2D eigenvalue weighted by molar-refractivity contribution is 7.92. The van der Waals surface area contributed by atoms with Crippen LogP contribution in [0.2, 0.25) is 0 Å². The highest BCUT2D eigenvalue weighted by Gasteiger charge is 2.32. The molecule has 5 nitrogen and oxygen atoms in total. The number of alkyl halides is 3. The zero-order valence-corrected chi connectivity index (χ0v) is 14.9. The van der Waals surface area contributed by atoms with E-state index in [0.717, 1.165) is 6.07 Å². The Morgan fingerprint density at radius 1 is 1.00 bits per heavy atom. The van der Waals surface area contributed by atoms with Gasteiger partial charge in [-0.15, -0.1) is 0 Å². The molecule has 0 aliphatic heterocycles. The van der Waals surface area contributed by atoms with Gasteiger partial charge in [-0.05, 0) is 30.3 Å². The second-order valence-corrected chi connectivity index (χ2v) is 6.98. The third-order valence-corrected chi connectivity index (χ3v) is 4.77. The molecular formula is C16H13F6NO4S. The highest BCUT2D eigenvalue weighted by Crippen LogP contribution is 2.36. The third kappa shape index (κ3) is 4.87. The average molecular weight is 429 g/mol. The summed E-state index contributed by atoms with van der Waals surface area (Å²) in [5.41, 5.74) is -1.88. The van der Waals surface area contributed by atoms with Gasteiger partial charge in [0, 0.05) is 7.11 Å². The summed E-state index contributed by atoms with van der Waals surface area (Å²) >= 11 is 0.